The summed E-state index contributed by atoms with van der Waals surface area (Å²) >= 11 is 10.1. The van der Waals surface area contributed by atoms with Gasteiger partial charge in [-0.3, -0.25) is 14.5 Å². The Kier molecular flexibility index (Phi) is 9.43. The zero-order chi connectivity index (χ0) is 27.1. The molecule has 0 bridgehead atoms. The molecule has 0 atom stereocenters. The molecule has 196 valence electrons. The Bertz CT molecular complexity index is 1360. The van der Waals surface area contributed by atoms with Crippen molar-refractivity contribution in [2.75, 3.05) is 30.0 Å². The van der Waals surface area contributed by atoms with E-state index in [4.69, 9.17) is 26.4 Å². The monoisotopic (exact) mass is 612 g/mol. The Morgan fingerprint density at radius 3 is 2.37 bits per heavy atom. The molecule has 0 aromatic heterocycles. The molecule has 4 rings (SSSR count). The van der Waals surface area contributed by atoms with E-state index in [9.17, 15) is 9.59 Å². The smallest absolute Gasteiger partial charge is 0.270 e. The Labute approximate surface area is 239 Å². The summed E-state index contributed by atoms with van der Waals surface area (Å²) in [4.78, 5) is 27.5. The standard InChI is InChI=1S/C28H25BrN2O5S2/c1-3-34-22-12-10-21(11-13-22)31-27(33)25(38-28(31)37)16-18-5-14-23(24(15-18)35-4-2)36-17-26(32)30-20-8-6-19(29)7-9-20/h5-16H,3-4,17H2,1-2H3,(H,30,32)/b25-16-. The number of carbonyl (C=O) groups is 2. The van der Waals surface area contributed by atoms with Gasteiger partial charge in [0.2, 0.25) is 0 Å². The van der Waals surface area contributed by atoms with Crippen molar-refractivity contribution in [2.24, 2.45) is 0 Å². The van der Waals surface area contributed by atoms with E-state index in [1.807, 2.05) is 50.2 Å². The quantitative estimate of drug-likeness (QED) is 0.202. The highest BCUT2D eigenvalue weighted by Gasteiger charge is 2.33. The number of rotatable bonds is 10. The van der Waals surface area contributed by atoms with E-state index >= 15 is 0 Å². The summed E-state index contributed by atoms with van der Waals surface area (Å²) in [5, 5.41) is 2.79. The van der Waals surface area contributed by atoms with Crippen LogP contribution in [0.5, 0.6) is 17.2 Å². The second-order valence-corrected chi connectivity index (χ2v) is 10.5. The van der Waals surface area contributed by atoms with Crippen LogP contribution >= 0.6 is 39.9 Å². The van der Waals surface area contributed by atoms with Gasteiger partial charge in [-0.1, -0.05) is 46.0 Å². The third-order valence-electron chi connectivity index (χ3n) is 5.25. The summed E-state index contributed by atoms with van der Waals surface area (Å²) in [6, 6.07) is 19.8. The van der Waals surface area contributed by atoms with E-state index in [1.165, 1.54) is 16.7 Å². The maximum Gasteiger partial charge on any atom is 0.270 e. The number of nitrogens with one attached hydrogen (secondary N) is 1. The summed E-state index contributed by atoms with van der Waals surface area (Å²) in [5.74, 6) is 1.13. The first-order valence-electron chi connectivity index (χ1n) is 11.8. The minimum absolute atomic E-state index is 0.184. The van der Waals surface area contributed by atoms with Crippen molar-refractivity contribution < 1.29 is 23.8 Å². The predicted octanol–water partition coefficient (Wildman–Crippen LogP) is 6.67. The first kappa shape index (κ1) is 27.7. The number of nitrogens with zero attached hydrogens (tertiary/aromatic N) is 1. The van der Waals surface area contributed by atoms with Crippen LogP contribution in [0.25, 0.3) is 6.08 Å². The van der Waals surface area contributed by atoms with Crippen LogP contribution in [-0.4, -0.2) is 36.0 Å². The minimum atomic E-state index is -0.295. The lowest BCUT2D eigenvalue weighted by Crippen LogP contribution is -2.27. The zero-order valence-corrected chi connectivity index (χ0v) is 24.0. The SMILES string of the molecule is CCOc1ccc(N2C(=O)/C(=C/c3ccc(OCC(=O)Nc4ccc(Br)cc4)c(OCC)c3)SC2=S)cc1. The van der Waals surface area contributed by atoms with Gasteiger partial charge in [0.1, 0.15) is 5.75 Å². The number of carbonyl (C=O) groups excluding carboxylic acids is 2. The third kappa shape index (κ3) is 6.94. The van der Waals surface area contributed by atoms with Gasteiger partial charge < -0.3 is 19.5 Å². The molecule has 3 aromatic carbocycles. The molecule has 0 unspecified atom stereocenters. The fourth-order valence-electron chi connectivity index (χ4n) is 3.58. The average molecular weight is 614 g/mol. The highest BCUT2D eigenvalue weighted by molar-refractivity contribution is 9.10. The van der Waals surface area contributed by atoms with Gasteiger partial charge >= 0.3 is 0 Å². The molecular weight excluding hydrogens is 588 g/mol. The van der Waals surface area contributed by atoms with Gasteiger partial charge in [0.25, 0.3) is 11.8 Å². The Morgan fingerprint density at radius 1 is 0.974 bits per heavy atom. The first-order valence-corrected chi connectivity index (χ1v) is 13.9. The van der Waals surface area contributed by atoms with Crippen LogP contribution in [0, 0.1) is 0 Å². The number of amides is 2. The predicted molar refractivity (Wildman–Crippen MR) is 159 cm³/mol. The lowest BCUT2D eigenvalue weighted by molar-refractivity contribution is -0.118. The fourth-order valence-corrected chi connectivity index (χ4v) is 5.14. The molecule has 1 N–H and O–H groups in total. The highest BCUT2D eigenvalue weighted by Crippen LogP contribution is 2.37. The largest absolute Gasteiger partial charge is 0.494 e. The zero-order valence-electron chi connectivity index (χ0n) is 20.7. The van der Waals surface area contributed by atoms with Crippen molar-refractivity contribution in [1.82, 2.24) is 0 Å². The topological polar surface area (TPSA) is 77.1 Å². The van der Waals surface area contributed by atoms with Crippen molar-refractivity contribution in [3.8, 4) is 17.2 Å². The van der Waals surface area contributed by atoms with E-state index in [2.05, 4.69) is 21.2 Å². The molecule has 7 nitrogen and oxygen atoms in total. The van der Waals surface area contributed by atoms with E-state index in [1.54, 1.807) is 36.4 Å². The van der Waals surface area contributed by atoms with Gasteiger partial charge in [0.05, 0.1) is 23.8 Å². The molecule has 0 saturated carbocycles. The molecule has 1 aliphatic heterocycles. The second kappa shape index (κ2) is 12.9. The molecule has 0 aliphatic carbocycles. The van der Waals surface area contributed by atoms with Crippen LogP contribution in [0.2, 0.25) is 0 Å². The van der Waals surface area contributed by atoms with Gasteiger partial charge in [-0.2, -0.15) is 0 Å². The van der Waals surface area contributed by atoms with Crippen LogP contribution in [0.1, 0.15) is 19.4 Å². The molecule has 1 heterocycles. The lowest BCUT2D eigenvalue weighted by atomic mass is 10.1. The van der Waals surface area contributed by atoms with E-state index in [-0.39, 0.29) is 18.4 Å². The maximum absolute atomic E-state index is 13.2. The molecule has 1 fully saturated rings. The molecule has 38 heavy (non-hydrogen) atoms. The average Bonchev–Trinajstić information content (AvgIpc) is 3.18. The second-order valence-electron chi connectivity index (χ2n) is 7.93. The lowest BCUT2D eigenvalue weighted by Gasteiger charge is -2.15. The molecule has 0 radical (unpaired) electrons. The van der Waals surface area contributed by atoms with Crippen molar-refractivity contribution in [3.05, 3.63) is 81.7 Å². The van der Waals surface area contributed by atoms with Crippen molar-refractivity contribution in [1.29, 1.82) is 0 Å². The molecule has 3 aromatic rings. The van der Waals surface area contributed by atoms with Crippen LogP contribution < -0.4 is 24.4 Å². The third-order valence-corrected chi connectivity index (χ3v) is 7.08. The number of ether oxygens (including phenoxy) is 3. The van der Waals surface area contributed by atoms with Crippen LogP contribution in [0.3, 0.4) is 0 Å². The number of anilines is 2. The van der Waals surface area contributed by atoms with Crippen LogP contribution in [0.15, 0.2) is 76.1 Å². The highest BCUT2D eigenvalue weighted by atomic mass is 79.9. The Morgan fingerprint density at radius 2 is 1.68 bits per heavy atom. The summed E-state index contributed by atoms with van der Waals surface area (Å²) in [6.07, 6.45) is 1.76. The van der Waals surface area contributed by atoms with E-state index in [0.29, 0.717) is 45.3 Å². The number of hydrogen-bond acceptors (Lipinski definition) is 7. The van der Waals surface area contributed by atoms with Gasteiger partial charge in [0.15, 0.2) is 22.4 Å². The summed E-state index contributed by atoms with van der Waals surface area (Å²) in [7, 11) is 0. The summed E-state index contributed by atoms with van der Waals surface area (Å²) < 4.78 is 18.3. The normalized spacial score (nSPS) is 14.1. The number of hydrogen-bond donors (Lipinski definition) is 1. The van der Waals surface area contributed by atoms with Crippen molar-refractivity contribution in [2.45, 2.75) is 13.8 Å². The fraction of sp³-hybridized carbons (Fsp3) is 0.179. The summed E-state index contributed by atoms with van der Waals surface area (Å²) in [5.41, 5.74) is 2.09. The summed E-state index contributed by atoms with van der Waals surface area (Å²) in [6.45, 7) is 4.56. The number of benzene rings is 3. The minimum Gasteiger partial charge on any atom is -0.494 e. The Hall–Kier alpha value is -3.34. The maximum atomic E-state index is 13.2. The molecular formula is C28H25BrN2O5S2. The van der Waals surface area contributed by atoms with E-state index in [0.717, 1.165) is 15.8 Å². The molecule has 1 aliphatic rings. The molecule has 0 spiro atoms. The number of halogens is 1. The van der Waals surface area contributed by atoms with Crippen molar-refractivity contribution >= 4 is 73.5 Å². The molecule has 10 heteroatoms. The first-order chi connectivity index (χ1) is 18.4. The number of thioether (sulfide) groups is 1. The molecule has 2 amide bonds. The Balaban J connectivity index is 1.45. The van der Waals surface area contributed by atoms with Gasteiger partial charge in [0, 0.05) is 10.2 Å². The van der Waals surface area contributed by atoms with Gasteiger partial charge in [-0.15, -0.1) is 0 Å². The molecule has 1 saturated heterocycles. The van der Waals surface area contributed by atoms with E-state index < -0.39 is 0 Å². The van der Waals surface area contributed by atoms with Crippen LogP contribution in [0.4, 0.5) is 11.4 Å². The van der Waals surface area contributed by atoms with Gasteiger partial charge in [-0.05, 0) is 86.2 Å². The van der Waals surface area contributed by atoms with Crippen molar-refractivity contribution in [3.63, 3.8) is 0 Å². The van der Waals surface area contributed by atoms with Crippen LogP contribution in [-0.2, 0) is 9.59 Å². The number of thiocarbonyl (C=S) groups is 1. The van der Waals surface area contributed by atoms with Gasteiger partial charge in [-0.25, -0.2) is 0 Å².